The van der Waals surface area contributed by atoms with Gasteiger partial charge in [-0.3, -0.25) is 4.79 Å². The third-order valence-electron chi connectivity index (χ3n) is 3.18. The van der Waals surface area contributed by atoms with E-state index in [0.29, 0.717) is 13.1 Å². The van der Waals surface area contributed by atoms with Gasteiger partial charge in [-0.15, -0.1) is 0 Å². The van der Waals surface area contributed by atoms with E-state index in [1.807, 2.05) is 30.3 Å². The number of rotatable bonds is 4. The van der Waals surface area contributed by atoms with Crippen molar-refractivity contribution >= 4 is 11.6 Å². The highest BCUT2D eigenvalue weighted by molar-refractivity contribution is 5.95. The summed E-state index contributed by atoms with van der Waals surface area (Å²) in [5.41, 5.74) is 5.57. The Kier molecular flexibility index (Phi) is 4.52. The molecule has 110 valence electrons. The van der Waals surface area contributed by atoms with E-state index < -0.39 is 17.5 Å². The molecule has 2 N–H and O–H groups in total. The number of carbonyl (C=O) groups is 1. The monoisotopic (exact) mass is 290 g/mol. The number of hydrogen-bond donors (Lipinski definition) is 1. The Labute approximate surface area is 122 Å². The molecule has 21 heavy (non-hydrogen) atoms. The molecule has 0 bridgehead atoms. The van der Waals surface area contributed by atoms with Crippen LogP contribution < -0.4 is 5.73 Å². The first-order valence-corrected chi connectivity index (χ1v) is 6.60. The van der Waals surface area contributed by atoms with Gasteiger partial charge in [0.25, 0.3) is 5.91 Å². The van der Waals surface area contributed by atoms with E-state index in [0.717, 1.165) is 17.7 Å². The Morgan fingerprint density at radius 1 is 1.19 bits per heavy atom. The first kappa shape index (κ1) is 15.0. The van der Waals surface area contributed by atoms with Crippen LogP contribution in [0.15, 0.2) is 42.5 Å². The van der Waals surface area contributed by atoms with Crippen LogP contribution in [0, 0.1) is 11.6 Å². The molecule has 5 heteroatoms. The van der Waals surface area contributed by atoms with Crippen molar-refractivity contribution in [3.05, 3.63) is 65.2 Å². The van der Waals surface area contributed by atoms with E-state index in [4.69, 9.17) is 5.73 Å². The summed E-state index contributed by atoms with van der Waals surface area (Å²) in [4.78, 5) is 13.8. The highest BCUT2D eigenvalue weighted by Crippen LogP contribution is 2.20. The largest absolute Gasteiger partial charge is 0.396 e. The Morgan fingerprint density at radius 3 is 2.48 bits per heavy atom. The number of nitrogens with zero attached hydrogens (tertiary/aromatic N) is 1. The highest BCUT2D eigenvalue weighted by atomic mass is 19.1. The van der Waals surface area contributed by atoms with Crippen LogP contribution in [0.1, 0.15) is 22.8 Å². The van der Waals surface area contributed by atoms with Crippen LogP contribution >= 0.6 is 0 Å². The Balaban J connectivity index is 2.29. The van der Waals surface area contributed by atoms with Crippen LogP contribution in [0.5, 0.6) is 0 Å². The average molecular weight is 290 g/mol. The van der Waals surface area contributed by atoms with Gasteiger partial charge in [0.05, 0.1) is 11.3 Å². The van der Waals surface area contributed by atoms with Gasteiger partial charge in [0, 0.05) is 13.1 Å². The first-order valence-electron chi connectivity index (χ1n) is 6.60. The maximum Gasteiger partial charge on any atom is 0.257 e. The molecule has 0 aromatic heterocycles. The van der Waals surface area contributed by atoms with Crippen molar-refractivity contribution in [3.63, 3.8) is 0 Å². The number of carbonyl (C=O) groups excluding carboxylic acids is 1. The Hall–Kier alpha value is -2.43. The highest BCUT2D eigenvalue weighted by Gasteiger charge is 2.21. The lowest BCUT2D eigenvalue weighted by Crippen LogP contribution is -2.31. The van der Waals surface area contributed by atoms with Crippen LogP contribution in [-0.4, -0.2) is 17.4 Å². The zero-order chi connectivity index (χ0) is 15.4. The SMILES string of the molecule is CCN(Cc1ccccc1)C(=O)c1cc(F)cc(N)c1F. The molecule has 0 saturated heterocycles. The number of nitrogen functional groups attached to an aromatic ring is 1. The molecule has 2 aromatic rings. The zero-order valence-corrected chi connectivity index (χ0v) is 11.6. The maximum atomic E-state index is 13.9. The van der Waals surface area contributed by atoms with Crippen molar-refractivity contribution in [2.45, 2.75) is 13.5 Å². The van der Waals surface area contributed by atoms with Gasteiger partial charge in [0.15, 0.2) is 5.82 Å². The van der Waals surface area contributed by atoms with Gasteiger partial charge in [0.1, 0.15) is 5.82 Å². The van der Waals surface area contributed by atoms with Crippen LogP contribution in [-0.2, 0) is 6.54 Å². The summed E-state index contributed by atoms with van der Waals surface area (Å²) < 4.78 is 27.3. The average Bonchev–Trinajstić information content (AvgIpc) is 2.49. The summed E-state index contributed by atoms with van der Waals surface area (Å²) >= 11 is 0. The molecule has 0 aliphatic rings. The molecule has 0 aliphatic carbocycles. The molecule has 2 aromatic carbocycles. The van der Waals surface area contributed by atoms with E-state index in [2.05, 4.69) is 0 Å². The first-order chi connectivity index (χ1) is 10.0. The summed E-state index contributed by atoms with van der Waals surface area (Å²) in [5.74, 6) is -2.19. The van der Waals surface area contributed by atoms with Crippen molar-refractivity contribution < 1.29 is 13.6 Å². The quantitative estimate of drug-likeness (QED) is 0.879. The third kappa shape index (κ3) is 3.37. The minimum Gasteiger partial charge on any atom is -0.396 e. The van der Waals surface area contributed by atoms with E-state index in [1.165, 1.54) is 4.90 Å². The lowest BCUT2D eigenvalue weighted by Gasteiger charge is -2.21. The van der Waals surface area contributed by atoms with Crippen molar-refractivity contribution in [2.75, 3.05) is 12.3 Å². The molecule has 0 saturated carbocycles. The predicted octanol–water partition coefficient (Wildman–Crippen LogP) is 3.21. The lowest BCUT2D eigenvalue weighted by molar-refractivity contribution is 0.0747. The number of nitrogens with two attached hydrogens (primary N) is 1. The predicted molar refractivity (Wildman–Crippen MR) is 77.6 cm³/mol. The summed E-state index contributed by atoms with van der Waals surface area (Å²) in [6.45, 7) is 2.48. The lowest BCUT2D eigenvalue weighted by atomic mass is 10.1. The number of amides is 1. The van der Waals surface area contributed by atoms with Crippen LogP contribution in [0.25, 0.3) is 0 Å². The van der Waals surface area contributed by atoms with Crippen molar-refractivity contribution in [2.24, 2.45) is 0 Å². The molecule has 1 amide bonds. The standard InChI is InChI=1S/C16H16F2N2O/c1-2-20(10-11-6-4-3-5-7-11)16(21)13-8-12(17)9-14(19)15(13)18/h3-9H,2,10,19H2,1H3. The topological polar surface area (TPSA) is 46.3 Å². The second-order valence-corrected chi connectivity index (χ2v) is 4.66. The van der Waals surface area contributed by atoms with Gasteiger partial charge in [-0.25, -0.2) is 8.78 Å². The zero-order valence-electron chi connectivity index (χ0n) is 11.6. The van der Waals surface area contributed by atoms with Crippen molar-refractivity contribution in [1.82, 2.24) is 4.90 Å². The van der Waals surface area contributed by atoms with Crippen molar-refractivity contribution in [3.8, 4) is 0 Å². The second kappa shape index (κ2) is 6.35. The Bertz CT molecular complexity index is 644. The van der Waals surface area contributed by atoms with E-state index >= 15 is 0 Å². The fourth-order valence-corrected chi connectivity index (χ4v) is 2.07. The molecule has 0 radical (unpaired) electrons. The van der Waals surface area contributed by atoms with Gasteiger partial charge in [-0.1, -0.05) is 30.3 Å². The van der Waals surface area contributed by atoms with E-state index in [-0.39, 0.29) is 11.3 Å². The summed E-state index contributed by atoms with van der Waals surface area (Å²) in [6.07, 6.45) is 0. The van der Waals surface area contributed by atoms with Gasteiger partial charge >= 0.3 is 0 Å². The summed E-state index contributed by atoms with van der Waals surface area (Å²) in [7, 11) is 0. The van der Waals surface area contributed by atoms with E-state index in [1.54, 1.807) is 6.92 Å². The number of hydrogen-bond acceptors (Lipinski definition) is 2. The molecular weight excluding hydrogens is 274 g/mol. The van der Waals surface area contributed by atoms with Gasteiger partial charge in [-0.05, 0) is 24.6 Å². The fraction of sp³-hybridized carbons (Fsp3) is 0.188. The second-order valence-electron chi connectivity index (χ2n) is 4.66. The van der Waals surface area contributed by atoms with Crippen molar-refractivity contribution in [1.29, 1.82) is 0 Å². The minimum absolute atomic E-state index is 0.325. The molecular formula is C16H16F2N2O. The molecule has 2 rings (SSSR count). The van der Waals surface area contributed by atoms with Crippen LogP contribution in [0.3, 0.4) is 0 Å². The van der Waals surface area contributed by atoms with Gasteiger partial charge in [-0.2, -0.15) is 0 Å². The Morgan fingerprint density at radius 2 is 1.86 bits per heavy atom. The third-order valence-corrected chi connectivity index (χ3v) is 3.18. The normalized spacial score (nSPS) is 10.4. The number of benzene rings is 2. The summed E-state index contributed by atoms with van der Waals surface area (Å²) in [6, 6.07) is 11.1. The van der Waals surface area contributed by atoms with E-state index in [9.17, 15) is 13.6 Å². The molecule has 0 heterocycles. The molecule has 0 atom stereocenters. The molecule has 0 fully saturated rings. The number of halogens is 2. The minimum atomic E-state index is -0.882. The number of anilines is 1. The summed E-state index contributed by atoms with van der Waals surface area (Å²) in [5, 5.41) is 0. The maximum absolute atomic E-state index is 13.9. The smallest absolute Gasteiger partial charge is 0.257 e. The van der Waals surface area contributed by atoms with Gasteiger partial charge in [0.2, 0.25) is 0 Å². The molecule has 0 aliphatic heterocycles. The van der Waals surface area contributed by atoms with Gasteiger partial charge < -0.3 is 10.6 Å². The molecule has 0 unspecified atom stereocenters. The van der Waals surface area contributed by atoms with Crippen LogP contribution in [0.4, 0.5) is 14.5 Å². The van der Waals surface area contributed by atoms with Crippen LogP contribution in [0.2, 0.25) is 0 Å². The fourth-order valence-electron chi connectivity index (χ4n) is 2.07. The molecule has 0 spiro atoms. The molecule has 3 nitrogen and oxygen atoms in total.